The van der Waals surface area contributed by atoms with Crippen LogP contribution in [0.1, 0.15) is 36.6 Å². The number of ether oxygens (including phenoxy) is 3. The minimum atomic E-state index is -9.76. The number of nitrogens with zero attached hydrogens (tertiary/aromatic N) is 1. The van der Waals surface area contributed by atoms with Crippen LogP contribution in [0.2, 0.25) is 0 Å². The van der Waals surface area contributed by atoms with Crippen molar-refractivity contribution in [1.82, 2.24) is 0 Å². The van der Waals surface area contributed by atoms with Crippen LogP contribution in [0.4, 0.5) is 19.4 Å². The first-order chi connectivity index (χ1) is 13.7. The van der Waals surface area contributed by atoms with Gasteiger partial charge in [0.2, 0.25) is 0 Å². The number of hydrogen-bond donors (Lipinski definition) is 0. The second-order valence-electron chi connectivity index (χ2n) is 7.71. The maximum absolute atomic E-state index is 13.0. The van der Waals surface area contributed by atoms with Crippen LogP contribution in [0.5, 0.6) is 5.75 Å². The van der Waals surface area contributed by atoms with Gasteiger partial charge in [-0.05, 0) is 37.6 Å². The van der Waals surface area contributed by atoms with E-state index in [1.807, 2.05) is 0 Å². The van der Waals surface area contributed by atoms with Crippen molar-refractivity contribution in [2.24, 2.45) is 0 Å². The number of benzene rings is 2. The first-order valence-electron chi connectivity index (χ1n) is 9.07. The Morgan fingerprint density at radius 1 is 1.10 bits per heavy atom. The second-order valence-corrected chi connectivity index (χ2v) is 10.1. The van der Waals surface area contributed by atoms with Crippen molar-refractivity contribution in [2.45, 2.75) is 37.1 Å². The van der Waals surface area contributed by atoms with Gasteiger partial charge in [0, 0.05) is 23.1 Å². The summed E-state index contributed by atoms with van der Waals surface area (Å²) in [5, 5.41) is 9.70. The Labute approximate surface area is 169 Å². The zero-order valence-electron chi connectivity index (χ0n) is 16.1. The third-order valence-corrected chi connectivity index (χ3v) is 6.25. The molecule has 0 aromatic heterocycles. The molecular formula is C20H18F5NO3S. The molecule has 0 saturated carbocycles. The molecule has 0 amide bonds. The van der Waals surface area contributed by atoms with Gasteiger partial charge in [0.25, 0.3) is 0 Å². The predicted molar refractivity (Wildman–Crippen MR) is 101 cm³/mol. The summed E-state index contributed by atoms with van der Waals surface area (Å²) in [7, 11) is -9.76. The number of hydrogen-bond acceptors (Lipinski definition) is 4. The molecule has 0 aliphatic carbocycles. The number of rotatable bonds is 3. The van der Waals surface area contributed by atoms with Gasteiger partial charge in [-0.15, -0.1) is 0 Å². The van der Waals surface area contributed by atoms with E-state index in [-0.39, 0.29) is 17.7 Å². The van der Waals surface area contributed by atoms with Crippen molar-refractivity contribution in [3.63, 3.8) is 0 Å². The molecule has 162 valence electrons. The van der Waals surface area contributed by atoms with Crippen LogP contribution in [-0.4, -0.2) is 19.0 Å². The molecule has 10 heteroatoms. The molecule has 4 rings (SSSR count). The van der Waals surface area contributed by atoms with Crippen LogP contribution in [0, 0.1) is 11.3 Å². The first-order valence-corrected chi connectivity index (χ1v) is 11.0. The highest BCUT2D eigenvalue weighted by atomic mass is 32.5. The average molecular weight is 447 g/mol. The van der Waals surface area contributed by atoms with Gasteiger partial charge in [0.15, 0.2) is 5.79 Å². The molecule has 2 aromatic carbocycles. The highest BCUT2D eigenvalue weighted by Crippen LogP contribution is 3.02. The van der Waals surface area contributed by atoms with Gasteiger partial charge in [0.05, 0.1) is 24.8 Å². The standard InChI is InChI=1S/C20H18F5NO3S/c1-20(2)28-11-17(29-20)18-13(10-26)9-16(19-15(18)7-8-27-19)12-3-5-14(6-4-12)30(21,22,23,24)25/h3-6,9,17H,7-8,11H2,1-2H3. The van der Waals surface area contributed by atoms with E-state index in [1.165, 1.54) is 6.07 Å². The normalized spacial score (nSPS) is 22.5. The third-order valence-electron chi connectivity index (χ3n) is 5.08. The maximum Gasteiger partial charge on any atom is 0.310 e. The Morgan fingerprint density at radius 3 is 2.30 bits per heavy atom. The van der Waals surface area contributed by atoms with E-state index in [0.29, 0.717) is 47.6 Å². The van der Waals surface area contributed by atoms with Gasteiger partial charge in [-0.2, -0.15) is 5.26 Å². The monoisotopic (exact) mass is 447 g/mol. The van der Waals surface area contributed by atoms with Gasteiger partial charge in [0.1, 0.15) is 16.7 Å². The highest BCUT2D eigenvalue weighted by molar-refractivity contribution is 8.45. The van der Waals surface area contributed by atoms with Gasteiger partial charge in [-0.3, -0.25) is 0 Å². The van der Waals surface area contributed by atoms with Crippen LogP contribution in [0.15, 0.2) is 35.2 Å². The summed E-state index contributed by atoms with van der Waals surface area (Å²) in [6.07, 6.45) is -0.00791. The van der Waals surface area contributed by atoms with Crippen LogP contribution in [-0.2, 0) is 15.9 Å². The quantitative estimate of drug-likeness (QED) is 0.495. The summed E-state index contributed by atoms with van der Waals surface area (Å²) in [6.45, 7) is 4.08. The minimum Gasteiger partial charge on any atom is -0.492 e. The minimum absolute atomic E-state index is 0.241. The van der Waals surface area contributed by atoms with Crippen LogP contribution in [0.3, 0.4) is 0 Å². The largest absolute Gasteiger partial charge is 0.492 e. The molecule has 0 N–H and O–H groups in total. The third kappa shape index (κ3) is 3.73. The SMILES string of the molecule is CC1(C)OCC(c2c(C#N)cc(-c3ccc(S(F)(F)(F)(F)F)cc3)c3c2CCO3)O1. The summed E-state index contributed by atoms with van der Waals surface area (Å²) < 4.78 is 82.3. The fourth-order valence-corrected chi connectivity index (χ4v) is 4.45. The Balaban J connectivity index is 1.82. The zero-order valence-corrected chi connectivity index (χ0v) is 16.9. The van der Waals surface area contributed by atoms with Gasteiger partial charge < -0.3 is 14.2 Å². The fraction of sp³-hybridized carbons (Fsp3) is 0.350. The van der Waals surface area contributed by atoms with Crippen molar-refractivity contribution in [2.75, 3.05) is 13.2 Å². The molecule has 2 heterocycles. The molecule has 2 aliphatic heterocycles. The van der Waals surface area contributed by atoms with Gasteiger partial charge in [-0.25, -0.2) is 0 Å². The van der Waals surface area contributed by atoms with E-state index < -0.39 is 27.0 Å². The van der Waals surface area contributed by atoms with Crippen molar-refractivity contribution in [3.05, 3.63) is 47.0 Å². The molecule has 1 saturated heterocycles. The van der Waals surface area contributed by atoms with Crippen LogP contribution in [0.25, 0.3) is 11.1 Å². The molecule has 0 spiro atoms. The van der Waals surface area contributed by atoms with Crippen molar-refractivity contribution in [3.8, 4) is 22.9 Å². The Morgan fingerprint density at radius 2 is 1.77 bits per heavy atom. The number of halogens is 5. The molecule has 4 nitrogen and oxygen atoms in total. The van der Waals surface area contributed by atoms with Gasteiger partial charge >= 0.3 is 10.2 Å². The average Bonchev–Trinajstić information content (AvgIpc) is 3.25. The summed E-state index contributed by atoms with van der Waals surface area (Å²) in [5.74, 6) is -0.401. The lowest BCUT2D eigenvalue weighted by Crippen LogP contribution is -2.20. The first kappa shape index (κ1) is 20.9. The smallest absolute Gasteiger partial charge is 0.310 e. The maximum atomic E-state index is 13.0. The lowest BCUT2D eigenvalue weighted by molar-refractivity contribution is -0.139. The van der Waals surface area contributed by atoms with E-state index in [2.05, 4.69) is 6.07 Å². The summed E-state index contributed by atoms with van der Waals surface area (Å²) in [6, 6.07) is 6.23. The topological polar surface area (TPSA) is 51.5 Å². The summed E-state index contributed by atoms with van der Waals surface area (Å²) in [5.41, 5.74) is 2.23. The van der Waals surface area contributed by atoms with Crippen molar-refractivity contribution in [1.29, 1.82) is 5.26 Å². The molecular weight excluding hydrogens is 429 g/mol. The molecule has 2 aliphatic rings. The van der Waals surface area contributed by atoms with E-state index in [0.717, 1.165) is 12.1 Å². The molecule has 30 heavy (non-hydrogen) atoms. The second kappa shape index (κ2) is 5.87. The summed E-state index contributed by atoms with van der Waals surface area (Å²) >= 11 is 0. The van der Waals surface area contributed by atoms with E-state index >= 15 is 0 Å². The van der Waals surface area contributed by atoms with Crippen molar-refractivity contribution < 1.29 is 33.6 Å². The predicted octanol–water partition coefficient (Wildman–Crippen LogP) is 6.64. The Hall–Kier alpha value is -2.35. The van der Waals surface area contributed by atoms with Crippen LogP contribution >= 0.6 is 10.2 Å². The van der Waals surface area contributed by atoms with Crippen molar-refractivity contribution >= 4 is 10.2 Å². The molecule has 0 radical (unpaired) electrons. The Kier molecular flexibility index (Phi) is 4.09. The molecule has 1 atom stereocenters. The molecule has 1 fully saturated rings. The van der Waals surface area contributed by atoms with Gasteiger partial charge in [-0.1, -0.05) is 31.6 Å². The highest BCUT2D eigenvalue weighted by Gasteiger charge is 2.65. The number of fused-ring (bicyclic) bond motifs is 1. The van der Waals surface area contributed by atoms with E-state index in [1.54, 1.807) is 13.8 Å². The zero-order chi connectivity index (χ0) is 22.0. The Bertz CT molecular complexity index is 1080. The molecule has 2 aromatic rings. The lowest BCUT2D eigenvalue weighted by atomic mass is 9.90. The lowest BCUT2D eigenvalue weighted by Gasteiger charge is -2.40. The molecule has 1 unspecified atom stereocenters. The molecule has 0 bridgehead atoms. The fourth-order valence-electron chi connectivity index (χ4n) is 3.80. The number of nitriles is 1. The van der Waals surface area contributed by atoms with Crippen LogP contribution < -0.4 is 4.74 Å². The summed E-state index contributed by atoms with van der Waals surface area (Å²) in [4.78, 5) is -1.97. The van der Waals surface area contributed by atoms with E-state index in [9.17, 15) is 24.7 Å². The van der Waals surface area contributed by atoms with E-state index in [4.69, 9.17) is 14.2 Å².